The standard InChI is InChI=1S/C14H20F3N3/c1-13(2)5-3-10(4-6-13)19-12-8-9(14(15,16)17)7-11(18)20-12/h7-8,10H,3-6H2,1-2H3,(H3,18,19,20). The van der Waals surface area contributed by atoms with E-state index < -0.39 is 11.7 Å². The molecule has 0 spiro atoms. The van der Waals surface area contributed by atoms with Crippen LogP contribution in [0.3, 0.4) is 0 Å². The van der Waals surface area contributed by atoms with Crippen LogP contribution in [0.2, 0.25) is 0 Å². The van der Waals surface area contributed by atoms with Crippen molar-refractivity contribution in [1.82, 2.24) is 4.98 Å². The van der Waals surface area contributed by atoms with Crippen LogP contribution in [0.5, 0.6) is 0 Å². The summed E-state index contributed by atoms with van der Waals surface area (Å²) in [6.07, 6.45) is -0.421. The zero-order valence-electron chi connectivity index (χ0n) is 11.7. The highest BCUT2D eigenvalue weighted by molar-refractivity contribution is 5.48. The van der Waals surface area contributed by atoms with Crippen LogP contribution in [-0.4, -0.2) is 11.0 Å². The van der Waals surface area contributed by atoms with E-state index in [0.717, 1.165) is 37.8 Å². The van der Waals surface area contributed by atoms with Gasteiger partial charge in [-0.1, -0.05) is 13.8 Å². The number of halogens is 3. The monoisotopic (exact) mass is 287 g/mol. The predicted octanol–water partition coefficient (Wildman–Crippen LogP) is 4.06. The van der Waals surface area contributed by atoms with E-state index in [1.807, 2.05) is 0 Å². The predicted molar refractivity (Wildman–Crippen MR) is 73.3 cm³/mol. The molecular formula is C14H20F3N3. The Morgan fingerprint density at radius 3 is 2.40 bits per heavy atom. The number of nitrogens with zero attached hydrogens (tertiary/aromatic N) is 1. The van der Waals surface area contributed by atoms with Crippen LogP contribution in [0.1, 0.15) is 45.1 Å². The van der Waals surface area contributed by atoms with Gasteiger partial charge in [-0.25, -0.2) is 4.98 Å². The van der Waals surface area contributed by atoms with Gasteiger partial charge in [-0.2, -0.15) is 13.2 Å². The quantitative estimate of drug-likeness (QED) is 0.862. The lowest BCUT2D eigenvalue weighted by molar-refractivity contribution is -0.137. The molecule has 1 saturated carbocycles. The van der Waals surface area contributed by atoms with Crippen molar-refractivity contribution in [2.45, 2.75) is 51.7 Å². The molecule has 3 N–H and O–H groups in total. The van der Waals surface area contributed by atoms with E-state index in [2.05, 4.69) is 24.1 Å². The van der Waals surface area contributed by atoms with Gasteiger partial charge < -0.3 is 11.1 Å². The molecule has 0 bridgehead atoms. The number of hydrogen-bond donors (Lipinski definition) is 2. The van der Waals surface area contributed by atoms with Crippen LogP contribution in [0, 0.1) is 5.41 Å². The van der Waals surface area contributed by atoms with Crippen molar-refractivity contribution in [3.8, 4) is 0 Å². The number of hydrogen-bond acceptors (Lipinski definition) is 3. The minimum Gasteiger partial charge on any atom is -0.384 e. The SMILES string of the molecule is CC1(C)CCC(Nc2cc(C(F)(F)F)cc(N)n2)CC1. The van der Waals surface area contributed by atoms with Crippen LogP contribution in [0.4, 0.5) is 24.8 Å². The van der Waals surface area contributed by atoms with Gasteiger partial charge >= 0.3 is 6.18 Å². The Balaban J connectivity index is 2.09. The van der Waals surface area contributed by atoms with Gasteiger partial charge in [-0.05, 0) is 43.2 Å². The average molecular weight is 287 g/mol. The fraction of sp³-hybridized carbons (Fsp3) is 0.643. The molecule has 6 heteroatoms. The summed E-state index contributed by atoms with van der Waals surface area (Å²) in [5.41, 5.74) is 5.01. The molecule has 0 saturated heterocycles. The van der Waals surface area contributed by atoms with Crippen molar-refractivity contribution >= 4 is 11.6 Å². The molecule has 0 radical (unpaired) electrons. The molecule has 1 heterocycles. The molecule has 1 aliphatic carbocycles. The van der Waals surface area contributed by atoms with Gasteiger partial charge in [0.15, 0.2) is 0 Å². The van der Waals surface area contributed by atoms with E-state index in [0.29, 0.717) is 5.41 Å². The minimum atomic E-state index is -4.40. The Kier molecular flexibility index (Phi) is 3.84. The lowest BCUT2D eigenvalue weighted by Gasteiger charge is -2.34. The second-order valence-corrected chi connectivity index (χ2v) is 6.25. The van der Waals surface area contributed by atoms with Crippen LogP contribution in [-0.2, 0) is 6.18 Å². The molecule has 0 amide bonds. The van der Waals surface area contributed by atoms with Gasteiger partial charge in [-0.3, -0.25) is 0 Å². The van der Waals surface area contributed by atoms with Gasteiger partial charge in [0.1, 0.15) is 11.6 Å². The average Bonchev–Trinajstić information content (AvgIpc) is 2.30. The lowest BCUT2D eigenvalue weighted by atomic mass is 9.75. The number of nitrogens with one attached hydrogen (secondary N) is 1. The molecule has 0 atom stereocenters. The first-order valence-corrected chi connectivity index (χ1v) is 6.77. The molecule has 1 aromatic heterocycles. The summed E-state index contributed by atoms with van der Waals surface area (Å²) >= 11 is 0. The number of rotatable bonds is 2. The maximum absolute atomic E-state index is 12.7. The highest BCUT2D eigenvalue weighted by atomic mass is 19.4. The molecule has 1 aliphatic rings. The third-order valence-corrected chi connectivity index (χ3v) is 3.86. The highest BCUT2D eigenvalue weighted by Crippen LogP contribution is 2.36. The van der Waals surface area contributed by atoms with Crippen molar-refractivity contribution in [2.75, 3.05) is 11.1 Å². The number of alkyl halides is 3. The molecule has 0 aliphatic heterocycles. The second-order valence-electron chi connectivity index (χ2n) is 6.25. The fourth-order valence-electron chi connectivity index (χ4n) is 2.54. The van der Waals surface area contributed by atoms with Gasteiger partial charge in [0.25, 0.3) is 0 Å². The zero-order chi connectivity index (χ0) is 15.0. The molecule has 1 fully saturated rings. The smallest absolute Gasteiger partial charge is 0.384 e. The van der Waals surface area contributed by atoms with Crippen molar-refractivity contribution < 1.29 is 13.2 Å². The molecule has 112 valence electrons. The molecule has 0 unspecified atom stereocenters. The van der Waals surface area contributed by atoms with Crippen LogP contribution in [0.15, 0.2) is 12.1 Å². The lowest BCUT2D eigenvalue weighted by Crippen LogP contribution is -2.30. The first-order chi connectivity index (χ1) is 9.16. The molecule has 1 aromatic rings. The second kappa shape index (κ2) is 5.14. The summed E-state index contributed by atoms with van der Waals surface area (Å²) in [5, 5.41) is 3.08. The van der Waals surface area contributed by atoms with Crippen molar-refractivity contribution in [3.63, 3.8) is 0 Å². The summed E-state index contributed by atoms with van der Waals surface area (Å²) in [7, 11) is 0. The highest BCUT2D eigenvalue weighted by Gasteiger charge is 2.32. The van der Waals surface area contributed by atoms with Gasteiger partial charge in [0.2, 0.25) is 0 Å². The third-order valence-electron chi connectivity index (χ3n) is 3.86. The van der Waals surface area contributed by atoms with Crippen molar-refractivity contribution in [2.24, 2.45) is 5.41 Å². The van der Waals surface area contributed by atoms with E-state index in [4.69, 9.17) is 5.73 Å². The first kappa shape index (κ1) is 14.9. The molecule has 0 aromatic carbocycles. The summed E-state index contributed by atoms with van der Waals surface area (Å²) in [6, 6.07) is 2.05. The van der Waals surface area contributed by atoms with Gasteiger partial charge in [0.05, 0.1) is 5.56 Å². The molecule has 20 heavy (non-hydrogen) atoms. The van der Waals surface area contributed by atoms with Crippen molar-refractivity contribution in [3.05, 3.63) is 17.7 Å². The Bertz CT molecular complexity index is 473. The molecular weight excluding hydrogens is 267 g/mol. The maximum Gasteiger partial charge on any atom is 0.416 e. The number of anilines is 2. The van der Waals surface area contributed by atoms with Crippen LogP contribution >= 0.6 is 0 Å². The Hall–Kier alpha value is -1.46. The Labute approximate surface area is 116 Å². The normalized spacial score (nSPS) is 19.9. The summed E-state index contributed by atoms with van der Waals surface area (Å²) in [6.45, 7) is 4.42. The summed E-state index contributed by atoms with van der Waals surface area (Å²) in [4.78, 5) is 3.94. The van der Waals surface area contributed by atoms with Crippen molar-refractivity contribution in [1.29, 1.82) is 0 Å². The van der Waals surface area contributed by atoms with Gasteiger partial charge in [0, 0.05) is 6.04 Å². The van der Waals surface area contributed by atoms with Gasteiger partial charge in [-0.15, -0.1) is 0 Å². The van der Waals surface area contributed by atoms with E-state index in [1.165, 1.54) is 0 Å². The van der Waals surface area contributed by atoms with Crippen LogP contribution < -0.4 is 11.1 Å². The Morgan fingerprint density at radius 2 is 1.85 bits per heavy atom. The van der Waals surface area contributed by atoms with E-state index >= 15 is 0 Å². The number of nitrogens with two attached hydrogens (primary N) is 1. The summed E-state index contributed by atoms with van der Waals surface area (Å²) < 4.78 is 38.2. The maximum atomic E-state index is 12.7. The third kappa shape index (κ3) is 3.77. The first-order valence-electron chi connectivity index (χ1n) is 6.77. The minimum absolute atomic E-state index is 0.113. The van der Waals surface area contributed by atoms with E-state index in [9.17, 15) is 13.2 Å². The van der Waals surface area contributed by atoms with E-state index in [1.54, 1.807) is 0 Å². The largest absolute Gasteiger partial charge is 0.416 e. The zero-order valence-corrected chi connectivity index (χ0v) is 11.7. The molecule has 2 rings (SSSR count). The number of pyridine rings is 1. The number of nitrogen functional groups attached to an aromatic ring is 1. The van der Waals surface area contributed by atoms with Crippen LogP contribution in [0.25, 0.3) is 0 Å². The topological polar surface area (TPSA) is 50.9 Å². The fourth-order valence-corrected chi connectivity index (χ4v) is 2.54. The molecule has 3 nitrogen and oxygen atoms in total. The number of aromatic nitrogens is 1. The van der Waals surface area contributed by atoms with E-state index in [-0.39, 0.29) is 17.7 Å². The Morgan fingerprint density at radius 1 is 1.25 bits per heavy atom. The summed E-state index contributed by atoms with van der Waals surface area (Å²) in [5.74, 6) is 0.0977.